The van der Waals surface area contributed by atoms with Crippen LogP contribution in [0.3, 0.4) is 0 Å². The predicted octanol–water partition coefficient (Wildman–Crippen LogP) is 2.92. The summed E-state index contributed by atoms with van der Waals surface area (Å²) in [6.07, 6.45) is 1.68. The highest BCUT2D eigenvalue weighted by atomic mass is 32.2. The zero-order valence-corrected chi connectivity index (χ0v) is 14.7. The van der Waals surface area contributed by atoms with Crippen LogP contribution in [0.15, 0.2) is 30.3 Å². The van der Waals surface area contributed by atoms with Gasteiger partial charge in [0.05, 0.1) is 0 Å². The van der Waals surface area contributed by atoms with Gasteiger partial charge in [0, 0.05) is 13.7 Å². The van der Waals surface area contributed by atoms with Crippen molar-refractivity contribution in [3.63, 3.8) is 0 Å². The number of thioether (sulfide) groups is 1. The molecule has 0 spiro atoms. The molecule has 0 saturated carbocycles. The molecule has 0 aliphatic rings. The lowest BCUT2D eigenvalue weighted by Gasteiger charge is -2.14. The highest BCUT2D eigenvalue weighted by molar-refractivity contribution is 7.99. The number of carboxylic acids is 1. The molecule has 0 aliphatic heterocycles. The van der Waals surface area contributed by atoms with Crippen LogP contribution >= 0.6 is 11.8 Å². The normalized spacial score (nSPS) is 11.7. The number of ether oxygens (including phenoxy) is 2. The van der Waals surface area contributed by atoms with Crippen LogP contribution in [0.4, 0.5) is 4.79 Å². The van der Waals surface area contributed by atoms with Crippen molar-refractivity contribution in [2.45, 2.75) is 31.9 Å². The first kappa shape index (κ1) is 20.3. The zero-order chi connectivity index (χ0) is 17.6. The summed E-state index contributed by atoms with van der Waals surface area (Å²) in [5.41, 5.74) is 0.853. The lowest BCUT2D eigenvalue weighted by molar-refractivity contribution is -0.139. The van der Waals surface area contributed by atoms with Gasteiger partial charge >= 0.3 is 12.1 Å². The van der Waals surface area contributed by atoms with Crippen molar-refractivity contribution in [1.82, 2.24) is 5.32 Å². The SMILES string of the molecule is COCCCCSCCC(NC(=O)OCc1ccccc1)C(=O)O. The third-order valence-electron chi connectivity index (χ3n) is 3.24. The molecule has 0 fully saturated rings. The molecule has 6 nitrogen and oxygen atoms in total. The van der Waals surface area contributed by atoms with Crippen molar-refractivity contribution in [2.24, 2.45) is 0 Å². The van der Waals surface area contributed by atoms with Crippen LogP contribution in [-0.2, 0) is 20.9 Å². The summed E-state index contributed by atoms with van der Waals surface area (Å²) >= 11 is 1.68. The van der Waals surface area contributed by atoms with Gasteiger partial charge in [0.2, 0.25) is 0 Å². The van der Waals surface area contributed by atoms with E-state index in [1.807, 2.05) is 30.3 Å². The zero-order valence-electron chi connectivity index (χ0n) is 13.9. The van der Waals surface area contributed by atoms with Crippen LogP contribution in [0.1, 0.15) is 24.8 Å². The number of carbonyl (C=O) groups excluding carboxylic acids is 1. The van der Waals surface area contributed by atoms with Gasteiger partial charge in [-0.15, -0.1) is 0 Å². The van der Waals surface area contributed by atoms with Gasteiger partial charge in [0.1, 0.15) is 12.6 Å². The van der Waals surface area contributed by atoms with Crippen LogP contribution in [-0.4, -0.2) is 48.4 Å². The topological polar surface area (TPSA) is 84.9 Å². The van der Waals surface area contributed by atoms with E-state index in [0.29, 0.717) is 12.2 Å². The van der Waals surface area contributed by atoms with Crippen molar-refractivity contribution < 1.29 is 24.2 Å². The van der Waals surface area contributed by atoms with Crippen LogP contribution in [0.25, 0.3) is 0 Å². The minimum atomic E-state index is -1.05. The van der Waals surface area contributed by atoms with Gasteiger partial charge in [0.15, 0.2) is 0 Å². The fourth-order valence-corrected chi connectivity index (χ4v) is 2.93. The molecule has 0 aromatic heterocycles. The second-order valence-corrected chi connectivity index (χ2v) is 6.42. The number of rotatable bonds is 12. The number of aliphatic carboxylic acids is 1. The summed E-state index contributed by atoms with van der Waals surface area (Å²) in [6, 6.07) is 8.31. The number of hydrogen-bond acceptors (Lipinski definition) is 5. The van der Waals surface area contributed by atoms with E-state index >= 15 is 0 Å². The van der Waals surface area contributed by atoms with Crippen LogP contribution in [0, 0.1) is 0 Å². The first-order valence-corrected chi connectivity index (χ1v) is 9.05. The van der Waals surface area contributed by atoms with E-state index in [0.717, 1.165) is 30.8 Å². The smallest absolute Gasteiger partial charge is 0.408 e. The van der Waals surface area contributed by atoms with Crippen molar-refractivity contribution >= 4 is 23.8 Å². The summed E-state index contributed by atoms with van der Waals surface area (Å²) in [5.74, 6) is 0.573. The van der Waals surface area contributed by atoms with Crippen molar-refractivity contribution in [3.05, 3.63) is 35.9 Å². The van der Waals surface area contributed by atoms with E-state index in [4.69, 9.17) is 9.47 Å². The highest BCUT2D eigenvalue weighted by Gasteiger charge is 2.20. The fraction of sp³-hybridized carbons (Fsp3) is 0.529. The largest absolute Gasteiger partial charge is 0.480 e. The number of alkyl carbamates (subject to hydrolysis) is 1. The minimum absolute atomic E-state index is 0.118. The second-order valence-electron chi connectivity index (χ2n) is 5.20. The Bertz CT molecular complexity index is 483. The Kier molecular flexibility index (Phi) is 10.7. The van der Waals surface area contributed by atoms with Crippen molar-refractivity contribution in [1.29, 1.82) is 0 Å². The summed E-state index contributed by atoms with van der Waals surface area (Å²) in [6.45, 7) is 0.861. The van der Waals surface area contributed by atoms with Crippen molar-refractivity contribution in [3.8, 4) is 0 Å². The standard InChI is InChI=1S/C17H25NO5S/c1-22-10-5-6-11-24-12-9-15(16(19)20)18-17(21)23-13-14-7-3-2-4-8-14/h2-4,7-8,15H,5-6,9-13H2,1H3,(H,18,21)(H,19,20). The van der Waals surface area contributed by atoms with Gasteiger partial charge in [-0.3, -0.25) is 0 Å². The van der Waals surface area contributed by atoms with E-state index in [1.165, 1.54) is 0 Å². The van der Waals surface area contributed by atoms with Gasteiger partial charge in [-0.1, -0.05) is 30.3 Å². The van der Waals surface area contributed by atoms with Gasteiger partial charge in [-0.25, -0.2) is 9.59 Å². The third kappa shape index (κ3) is 9.42. The Morgan fingerprint density at radius 1 is 1.21 bits per heavy atom. The number of amides is 1. The fourth-order valence-electron chi connectivity index (χ4n) is 1.92. The average Bonchev–Trinajstić information content (AvgIpc) is 2.59. The monoisotopic (exact) mass is 355 g/mol. The molecule has 0 aliphatic carbocycles. The average molecular weight is 355 g/mol. The summed E-state index contributed by atoms with van der Waals surface area (Å²) in [7, 11) is 1.67. The predicted molar refractivity (Wildman–Crippen MR) is 94.2 cm³/mol. The van der Waals surface area contributed by atoms with Gasteiger partial charge < -0.3 is 19.9 Å². The van der Waals surface area contributed by atoms with E-state index < -0.39 is 18.1 Å². The van der Waals surface area contributed by atoms with Gasteiger partial charge in [-0.2, -0.15) is 11.8 Å². The number of carboxylic acid groups (broad SMARTS) is 1. The molecule has 0 bridgehead atoms. The molecule has 0 saturated heterocycles. The number of hydrogen-bond donors (Lipinski definition) is 2. The van der Waals surface area contributed by atoms with Crippen molar-refractivity contribution in [2.75, 3.05) is 25.2 Å². The number of benzene rings is 1. The first-order valence-electron chi connectivity index (χ1n) is 7.90. The summed E-state index contributed by atoms with van der Waals surface area (Å²) < 4.78 is 10.0. The molecule has 1 rings (SSSR count). The Morgan fingerprint density at radius 3 is 2.62 bits per heavy atom. The summed E-state index contributed by atoms with van der Waals surface area (Å²) in [5, 5.41) is 11.6. The molecule has 1 amide bonds. The Labute approximate surface area is 146 Å². The van der Waals surface area contributed by atoms with Gasteiger partial charge in [0.25, 0.3) is 0 Å². The molecule has 1 atom stereocenters. The molecule has 134 valence electrons. The second kappa shape index (κ2) is 12.7. The van der Waals surface area contributed by atoms with Crippen LogP contribution in [0.5, 0.6) is 0 Å². The van der Waals surface area contributed by atoms with Crippen LogP contribution < -0.4 is 5.32 Å². The van der Waals surface area contributed by atoms with E-state index in [1.54, 1.807) is 18.9 Å². The molecular weight excluding hydrogens is 330 g/mol. The maximum Gasteiger partial charge on any atom is 0.408 e. The van der Waals surface area contributed by atoms with E-state index in [2.05, 4.69) is 5.32 Å². The molecule has 1 unspecified atom stereocenters. The molecule has 24 heavy (non-hydrogen) atoms. The number of unbranched alkanes of at least 4 members (excludes halogenated alkanes) is 1. The Balaban J connectivity index is 2.22. The number of nitrogens with one attached hydrogen (secondary N) is 1. The molecule has 1 aromatic carbocycles. The lowest BCUT2D eigenvalue weighted by Crippen LogP contribution is -2.41. The molecule has 7 heteroatoms. The third-order valence-corrected chi connectivity index (χ3v) is 4.34. The number of carbonyl (C=O) groups is 2. The maximum absolute atomic E-state index is 11.7. The molecule has 0 heterocycles. The van der Waals surface area contributed by atoms with Gasteiger partial charge in [-0.05, 0) is 36.3 Å². The van der Waals surface area contributed by atoms with Crippen LogP contribution in [0.2, 0.25) is 0 Å². The quantitative estimate of drug-likeness (QED) is 0.561. The maximum atomic E-state index is 11.7. The van der Waals surface area contributed by atoms with E-state index in [-0.39, 0.29) is 6.61 Å². The lowest BCUT2D eigenvalue weighted by atomic mass is 10.2. The minimum Gasteiger partial charge on any atom is -0.480 e. The molecule has 2 N–H and O–H groups in total. The summed E-state index contributed by atoms with van der Waals surface area (Å²) in [4.78, 5) is 22.9. The van der Waals surface area contributed by atoms with E-state index in [9.17, 15) is 14.7 Å². The molecular formula is C17H25NO5S. The Hall–Kier alpha value is -1.73. The molecule has 0 radical (unpaired) electrons. The molecule has 1 aromatic rings. The highest BCUT2D eigenvalue weighted by Crippen LogP contribution is 2.09. The Morgan fingerprint density at radius 2 is 1.96 bits per heavy atom. The first-order chi connectivity index (χ1) is 11.6. The number of methoxy groups -OCH3 is 1.